The molecule has 2 aromatic rings. The van der Waals surface area contributed by atoms with E-state index in [0.29, 0.717) is 23.7 Å². The minimum absolute atomic E-state index is 0. The summed E-state index contributed by atoms with van der Waals surface area (Å²) in [5, 5.41) is 5.08. The summed E-state index contributed by atoms with van der Waals surface area (Å²) in [5.74, 6) is 1.75. The van der Waals surface area contributed by atoms with E-state index in [4.69, 9.17) is 10.3 Å². The average Bonchev–Trinajstić information content (AvgIpc) is 2.93. The molecule has 2 aromatic carbocycles. The van der Waals surface area contributed by atoms with E-state index in [9.17, 15) is 0 Å². The van der Waals surface area contributed by atoms with E-state index in [2.05, 4.69) is 148 Å². The number of hydrogen-bond donors (Lipinski definition) is 0. The molecule has 0 N–H and O–H groups in total. The van der Waals surface area contributed by atoms with Crippen molar-refractivity contribution < 1.29 is 16.5 Å². The molecule has 3 radical (unpaired) electrons. The molecule has 0 bridgehead atoms. The quantitative estimate of drug-likeness (QED) is 0.148. The van der Waals surface area contributed by atoms with Crippen molar-refractivity contribution in [2.24, 2.45) is 4.99 Å². The summed E-state index contributed by atoms with van der Waals surface area (Å²) in [6, 6.07) is 13.1. The van der Waals surface area contributed by atoms with Crippen LogP contribution in [0.15, 0.2) is 89.6 Å². The van der Waals surface area contributed by atoms with Gasteiger partial charge in [0.2, 0.25) is 0 Å². The van der Waals surface area contributed by atoms with E-state index < -0.39 is 0 Å². The third kappa shape index (κ3) is 15.4. The first kappa shape index (κ1) is 43.0. The van der Waals surface area contributed by atoms with Gasteiger partial charge >= 0.3 is 0 Å². The molecule has 0 aromatic heterocycles. The Balaban J connectivity index is 0.00000117. The van der Waals surface area contributed by atoms with Crippen molar-refractivity contribution >= 4 is 36.9 Å². The van der Waals surface area contributed by atoms with E-state index >= 15 is 0 Å². The Labute approximate surface area is 300 Å². The van der Waals surface area contributed by atoms with E-state index in [0.717, 1.165) is 22.8 Å². The molecule has 0 aliphatic heterocycles. The molecule has 4 heteroatoms. The Bertz CT molecular complexity index is 1170. The summed E-state index contributed by atoms with van der Waals surface area (Å²) in [7, 11) is 0. The molecule has 3 rings (SSSR count). The van der Waals surface area contributed by atoms with Crippen LogP contribution in [-0.2, 0) is 16.5 Å². The Kier molecular flexibility index (Phi) is 22.3. The van der Waals surface area contributed by atoms with Crippen LogP contribution in [0.2, 0.25) is 0 Å². The number of hydrogen-bond acceptors (Lipinski definition) is 1. The van der Waals surface area contributed by atoms with Crippen LogP contribution in [0.4, 0.5) is 11.4 Å². The first-order valence-electron chi connectivity index (χ1n) is 16.7. The summed E-state index contributed by atoms with van der Waals surface area (Å²) in [5.41, 5.74) is 9.45. The molecule has 2 nitrogen and oxygen atoms in total. The van der Waals surface area contributed by atoms with E-state index in [-0.39, 0.29) is 36.3 Å². The minimum atomic E-state index is 0. The topological polar surface area (TPSA) is 26.5 Å². The van der Waals surface area contributed by atoms with Gasteiger partial charge in [0.1, 0.15) is 0 Å². The van der Waals surface area contributed by atoms with Crippen molar-refractivity contribution in [1.29, 1.82) is 0 Å². The van der Waals surface area contributed by atoms with Gasteiger partial charge in [-0.05, 0) is 80.2 Å². The summed E-state index contributed by atoms with van der Waals surface area (Å²) in [4.78, 5) is 5.08. The van der Waals surface area contributed by atoms with Crippen LogP contribution in [0, 0.1) is 0 Å². The third-order valence-corrected chi connectivity index (χ3v) is 7.68. The molecule has 1 aliphatic carbocycles. The molecule has 247 valence electrons. The third-order valence-electron chi connectivity index (χ3n) is 7.68. The van der Waals surface area contributed by atoms with E-state index in [1.165, 1.54) is 60.8 Å². The molecule has 1 aliphatic rings. The van der Waals surface area contributed by atoms with Gasteiger partial charge in [-0.15, -0.1) is 5.69 Å². The molecule has 0 spiro atoms. The molecule has 45 heavy (non-hydrogen) atoms. The Morgan fingerprint density at radius 3 is 1.20 bits per heavy atom. The van der Waals surface area contributed by atoms with Gasteiger partial charge in [-0.3, -0.25) is 4.99 Å². The van der Waals surface area contributed by atoms with Crippen LogP contribution in [0.25, 0.3) is 5.32 Å². The Hall–Kier alpha value is -2.00. The van der Waals surface area contributed by atoms with Crippen LogP contribution in [0.3, 0.4) is 0 Å². The van der Waals surface area contributed by atoms with Crippen LogP contribution in [0.1, 0.15) is 154 Å². The predicted octanol–water partition coefficient (Wildman–Crippen LogP) is 13.5. The van der Waals surface area contributed by atoms with Gasteiger partial charge in [0.25, 0.3) is 0 Å². The number of para-hydroxylation sites is 2. The summed E-state index contributed by atoms with van der Waals surface area (Å²) in [6.45, 7) is 22.1. The summed E-state index contributed by atoms with van der Waals surface area (Å²) < 4.78 is 0. The maximum atomic E-state index is 5.08. The van der Waals surface area contributed by atoms with Gasteiger partial charge < -0.3 is 5.32 Å². The molecule has 0 atom stereocenters. The molecule has 0 heterocycles. The molecule has 0 amide bonds. The molecule has 0 saturated carbocycles. The van der Waals surface area contributed by atoms with Gasteiger partial charge in [0.05, 0.1) is 5.69 Å². The van der Waals surface area contributed by atoms with Crippen LogP contribution >= 0.6 is 0 Å². The fourth-order valence-corrected chi connectivity index (χ4v) is 5.29. The second kappa shape index (κ2) is 23.3. The number of aliphatic imine (C=N–C) groups is 1. The first-order chi connectivity index (χ1) is 20.5. The molecule has 0 unspecified atom stereocenters. The zero-order chi connectivity index (χ0) is 31.8. The number of rotatable bonds is 8. The van der Waals surface area contributed by atoms with Gasteiger partial charge in [-0.25, -0.2) is 0 Å². The average molecular weight is 708 g/mol. The normalized spacial score (nSPS) is 16.5. The van der Waals surface area contributed by atoms with Crippen LogP contribution < -0.4 is 0 Å². The zero-order valence-electron chi connectivity index (χ0n) is 29.8. The number of benzene rings is 2. The van der Waals surface area contributed by atoms with Crippen LogP contribution in [-0.4, -0.2) is 25.5 Å². The van der Waals surface area contributed by atoms with Crippen molar-refractivity contribution in [3.8, 4) is 0 Å². The Morgan fingerprint density at radius 2 is 0.889 bits per heavy atom. The number of nitrogens with zero attached hydrogens (tertiary/aromatic N) is 2. The van der Waals surface area contributed by atoms with Crippen LogP contribution in [0.5, 0.6) is 0 Å². The van der Waals surface area contributed by atoms with Crippen molar-refractivity contribution in [1.82, 2.24) is 0 Å². The maximum absolute atomic E-state index is 5.08. The molecular weight excluding hydrogens is 649 g/mol. The molecule has 0 saturated heterocycles. The first-order valence-corrected chi connectivity index (χ1v) is 16.7. The smallest absolute Gasteiger partial charge is 0.0701 e. The van der Waals surface area contributed by atoms with Gasteiger partial charge in [0.15, 0.2) is 0 Å². The standard InChI is InChI=1S/C29H41N2.C12H18.Ga.Ni/c1-18(2)24-13-11-14-25(19(3)4)28(24)30-22(9)17-23(10)31-29-26(20(5)6)15-12-16-27(29)21(7)8;1-2-4-6-8-10-12-11-9-7-5-3-1;;/h11-21H,1-10H3;1-2,7-10H,3-6,11-12H2;;/q-1;;;/b22-17-,31-23?;2-1+,9-7+,10-8+;;. The van der Waals surface area contributed by atoms with Crippen molar-refractivity contribution in [3.63, 3.8) is 0 Å². The second-order valence-electron chi connectivity index (χ2n) is 13.0. The van der Waals surface area contributed by atoms with E-state index in [1.54, 1.807) is 0 Å². The Morgan fingerprint density at radius 1 is 0.578 bits per heavy atom. The van der Waals surface area contributed by atoms with E-state index in [1.807, 2.05) is 0 Å². The SMILES string of the molecule is C1=C/CC/C=C/CC/C=C/CC/1.CC(/C=C(/C)[N-]c1c(C(C)C)cccc1C(C)C)=Nc1c(C(C)C)cccc1C(C)C.[Ga].[Ni]. The second-order valence-corrected chi connectivity index (χ2v) is 13.0. The van der Waals surface area contributed by atoms with Crippen molar-refractivity contribution in [3.05, 3.63) is 112 Å². The number of allylic oxidation sites excluding steroid dienone is 8. The fraction of sp³-hybridized carbons (Fsp3) is 0.488. The monoisotopic (exact) mass is 706 g/mol. The van der Waals surface area contributed by atoms with Gasteiger partial charge in [-0.2, -0.15) is 5.70 Å². The summed E-state index contributed by atoms with van der Waals surface area (Å²) in [6.07, 6.45) is 23.1. The minimum Gasteiger partial charge on any atom is -0.661 e. The van der Waals surface area contributed by atoms with Gasteiger partial charge in [0, 0.05) is 42.0 Å². The van der Waals surface area contributed by atoms with Gasteiger partial charge in [-0.1, -0.05) is 152 Å². The summed E-state index contributed by atoms with van der Waals surface area (Å²) >= 11 is 0. The van der Waals surface area contributed by atoms with Crippen molar-refractivity contribution in [2.75, 3.05) is 0 Å². The predicted molar refractivity (Wildman–Crippen MR) is 200 cm³/mol. The zero-order valence-corrected chi connectivity index (χ0v) is 33.3. The largest absolute Gasteiger partial charge is 0.661 e. The maximum Gasteiger partial charge on any atom is 0.0701 e. The fourth-order valence-electron chi connectivity index (χ4n) is 5.29. The van der Waals surface area contributed by atoms with Crippen molar-refractivity contribution in [2.45, 2.75) is 131 Å². The molecule has 0 fully saturated rings. The molecular formula is C41H59GaN2Ni-.